The van der Waals surface area contributed by atoms with Crippen LogP contribution < -0.4 is 10.6 Å². The fourth-order valence-corrected chi connectivity index (χ4v) is 4.79. The molecule has 0 unspecified atom stereocenters. The highest BCUT2D eigenvalue weighted by molar-refractivity contribution is 7.80. The van der Waals surface area contributed by atoms with Crippen LogP contribution in [0.1, 0.15) is 46.1 Å². The van der Waals surface area contributed by atoms with E-state index in [0.29, 0.717) is 22.3 Å². The first kappa shape index (κ1) is 19.1. The van der Waals surface area contributed by atoms with E-state index < -0.39 is 0 Å². The van der Waals surface area contributed by atoms with Gasteiger partial charge >= 0.3 is 5.97 Å². The summed E-state index contributed by atoms with van der Waals surface area (Å²) in [6.07, 6.45) is 4.16. The average molecular weight is 409 g/mol. The van der Waals surface area contributed by atoms with E-state index in [2.05, 4.69) is 10.6 Å². The van der Waals surface area contributed by atoms with Crippen LogP contribution in [0.25, 0.3) is 0 Å². The second-order valence-electron chi connectivity index (χ2n) is 6.17. The van der Waals surface area contributed by atoms with Crippen LogP contribution in [0.5, 0.6) is 0 Å². The maximum Gasteiger partial charge on any atom is 0.341 e. The molecule has 0 spiro atoms. The molecule has 26 heavy (non-hydrogen) atoms. The predicted molar refractivity (Wildman–Crippen MR) is 113 cm³/mol. The van der Waals surface area contributed by atoms with Gasteiger partial charge < -0.3 is 15.4 Å². The molecule has 1 aromatic heterocycles. The molecule has 4 nitrogen and oxygen atoms in total. The number of hydrogen-bond acceptors (Lipinski definition) is 4. The van der Waals surface area contributed by atoms with Crippen molar-refractivity contribution in [1.29, 1.82) is 0 Å². The van der Waals surface area contributed by atoms with Crippen LogP contribution in [0.15, 0.2) is 18.2 Å². The number of nitrogens with one attached hydrogen (secondary N) is 2. The maximum atomic E-state index is 12.5. The second kappa shape index (κ2) is 8.37. The first-order valence-electron chi connectivity index (χ1n) is 8.65. The lowest BCUT2D eigenvalue weighted by Crippen LogP contribution is -2.21. The van der Waals surface area contributed by atoms with E-state index in [9.17, 15) is 4.79 Å². The van der Waals surface area contributed by atoms with Gasteiger partial charge in [0.25, 0.3) is 0 Å². The number of halogens is 1. The van der Waals surface area contributed by atoms with Gasteiger partial charge in [-0.2, -0.15) is 0 Å². The predicted octanol–water partition coefficient (Wildman–Crippen LogP) is 5.57. The maximum absolute atomic E-state index is 12.5. The van der Waals surface area contributed by atoms with Crippen LogP contribution in [0, 0.1) is 6.92 Å². The Morgan fingerprint density at radius 2 is 2.08 bits per heavy atom. The minimum Gasteiger partial charge on any atom is -0.462 e. The Morgan fingerprint density at radius 1 is 1.31 bits per heavy atom. The van der Waals surface area contributed by atoms with Crippen molar-refractivity contribution < 1.29 is 9.53 Å². The molecule has 7 heteroatoms. The van der Waals surface area contributed by atoms with Gasteiger partial charge in [0.1, 0.15) is 5.00 Å². The number of thiophene rings is 1. The van der Waals surface area contributed by atoms with Gasteiger partial charge in [-0.25, -0.2) is 4.79 Å². The summed E-state index contributed by atoms with van der Waals surface area (Å²) in [7, 11) is 0. The highest BCUT2D eigenvalue weighted by Gasteiger charge is 2.26. The number of carbonyl (C=O) groups excluding carboxylic acids is 1. The molecular formula is C19H21ClN2O2S2. The Balaban J connectivity index is 1.84. The van der Waals surface area contributed by atoms with E-state index in [1.165, 1.54) is 4.88 Å². The molecule has 138 valence electrons. The highest BCUT2D eigenvalue weighted by atomic mass is 35.5. The Kier molecular flexibility index (Phi) is 6.16. The van der Waals surface area contributed by atoms with Crippen molar-refractivity contribution in [3.8, 4) is 0 Å². The van der Waals surface area contributed by atoms with Crippen LogP contribution in [0.2, 0.25) is 5.02 Å². The zero-order valence-corrected chi connectivity index (χ0v) is 17.2. The smallest absolute Gasteiger partial charge is 0.341 e. The zero-order valence-electron chi connectivity index (χ0n) is 14.8. The largest absolute Gasteiger partial charge is 0.462 e. The van der Waals surface area contributed by atoms with E-state index >= 15 is 0 Å². The van der Waals surface area contributed by atoms with Crippen molar-refractivity contribution in [1.82, 2.24) is 0 Å². The average Bonchev–Trinajstić information content (AvgIpc) is 2.96. The molecule has 2 N–H and O–H groups in total. The van der Waals surface area contributed by atoms with Crippen molar-refractivity contribution >= 4 is 56.9 Å². The summed E-state index contributed by atoms with van der Waals surface area (Å²) in [6.45, 7) is 4.15. The lowest BCUT2D eigenvalue weighted by atomic mass is 9.95. The summed E-state index contributed by atoms with van der Waals surface area (Å²) in [5, 5.41) is 8.19. The number of carbonyl (C=O) groups is 1. The van der Waals surface area contributed by atoms with Crippen molar-refractivity contribution in [2.45, 2.75) is 39.5 Å². The number of anilines is 2. The third-order valence-corrected chi connectivity index (χ3v) is 5.97. The van der Waals surface area contributed by atoms with Gasteiger partial charge in [0.2, 0.25) is 0 Å². The molecule has 1 aromatic carbocycles. The quantitative estimate of drug-likeness (QED) is 0.511. The Labute approximate surface area is 167 Å². The van der Waals surface area contributed by atoms with Crippen LogP contribution in [0.3, 0.4) is 0 Å². The SMILES string of the molecule is CCOC(=O)c1c(NC(=S)Nc2cc(Cl)ccc2C)sc2c1CCCC2. The van der Waals surface area contributed by atoms with E-state index in [1.807, 2.05) is 32.0 Å². The minimum atomic E-state index is -0.281. The minimum absolute atomic E-state index is 0.281. The van der Waals surface area contributed by atoms with Gasteiger partial charge in [0.05, 0.1) is 12.2 Å². The number of fused-ring (bicyclic) bond motifs is 1. The summed E-state index contributed by atoms with van der Waals surface area (Å²) >= 11 is 13.1. The Morgan fingerprint density at radius 3 is 2.85 bits per heavy atom. The standard InChI is InChI=1S/C19H21ClN2O2S2/c1-3-24-18(23)16-13-6-4-5-7-15(13)26-17(16)22-19(25)21-14-10-12(20)9-8-11(14)2/h8-10H,3-7H2,1-2H3,(H2,21,22,25). The van der Waals surface area contributed by atoms with Crippen LogP contribution in [-0.4, -0.2) is 17.7 Å². The topological polar surface area (TPSA) is 50.4 Å². The first-order chi connectivity index (χ1) is 12.5. The third-order valence-electron chi connectivity index (χ3n) is 4.33. The molecule has 0 bridgehead atoms. The molecule has 0 aliphatic heterocycles. The molecule has 0 amide bonds. The molecule has 2 aromatic rings. The van der Waals surface area contributed by atoms with Gasteiger partial charge in [-0.15, -0.1) is 11.3 Å². The van der Waals surface area contributed by atoms with Crippen molar-refractivity contribution in [3.05, 3.63) is 44.8 Å². The number of rotatable bonds is 4. The van der Waals surface area contributed by atoms with E-state index in [-0.39, 0.29) is 5.97 Å². The van der Waals surface area contributed by atoms with Crippen molar-refractivity contribution in [3.63, 3.8) is 0 Å². The van der Waals surface area contributed by atoms with E-state index in [1.54, 1.807) is 11.3 Å². The molecule has 1 aliphatic rings. The van der Waals surface area contributed by atoms with Gasteiger partial charge in [-0.05, 0) is 75.0 Å². The normalized spacial score (nSPS) is 13.0. The molecule has 0 saturated heterocycles. The molecule has 1 heterocycles. The summed E-state index contributed by atoms with van der Waals surface area (Å²) in [5.41, 5.74) is 3.63. The summed E-state index contributed by atoms with van der Waals surface area (Å²) in [4.78, 5) is 13.8. The van der Waals surface area contributed by atoms with Crippen LogP contribution in [-0.2, 0) is 17.6 Å². The Bertz CT molecular complexity index is 848. The summed E-state index contributed by atoms with van der Waals surface area (Å²) in [5.74, 6) is -0.281. The number of hydrogen-bond donors (Lipinski definition) is 2. The van der Waals surface area contributed by atoms with Crippen molar-refractivity contribution in [2.24, 2.45) is 0 Å². The number of ether oxygens (including phenoxy) is 1. The molecular weight excluding hydrogens is 388 g/mol. The summed E-state index contributed by atoms with van der Waals surface area (Å²) in [6, 6.07) is 5.60. The number of thiocarbonyl (C=S) groups is 1. The van der Waals surface area contributed by atoms with Gasteiger partial charge in [-0.3, -0.25) is 0 Å². The monoisotopic (exact) mass is 408 g/mol. The highest BCUT2D eigenvalue weighted by Crippen LogP contribution is 2.38. The number of esters is 1. The van der Waals surface area contributed by atoms with Crippen molar-refractivity contribution in [2.75, 3.05) is 17.2 Å². The molecule has 0 fully saturated rings. The fraction of sp³-hybridized carbons (Fsp3) is 0.368. The summed E-state index contributed by atoms with van der Waals surface area (Å²) < 4.78 is 5.27. The zero-order chi connectivity index (χ0) is 18.7. The number of aryl methyl sites for hydroxylation is 2. The fourth-order valence-electron chi connectivity index (χ4n) is 3.06. The second-order valence-corrected chi connectivity index (χ2v) is 8.12. The first-order valence-corrected chi connectivity index (χ1v) is 10.3. The molecule has 3 rings (SSSR count). The molecule has 0 radical (unpaired) electrons. The lowest BCUT2D eigenvalue weighted by Gasteiger charge is -2.14. The molecule has 0 atom stereocenters. The molecule has 1 aliphatic carbocycles. The van der Waals surface area contributed by atoms with E-state index in [0.717, 1.165) is 47.5 Å². The van der Waals surface area contributed by atoms with Gasteiger partial charge in [0.15, 0.2) is 5.11 Å². The van der Waals surface area contributed by atoms with Crippen LogP contribution in [0.4, 0.5) is 10.7 Å². The van der Waals surface area contributed by atoms with E-state index in [4.69, 9.17) is 28.6 Å². The van der Waals surface area contributed by atoms with Gasteiger partial charge in [-0.1, -0.05) is 17.7 Å². The lowest BCUT2D eigenvalue weighted by molar-refractivity contribution is 0.0526. The number of benzene rings is 1. The Hall–Kier alpha value is -1.63. The van der Waals surface area contributed by atoms with Gasteiger partial charge in [0, 0.05) is 15.6 Å². The third kappa shape index (κ3) is 4.19. The van der Waals surface area contributed by atoms with Crippen LogP contribution >= 0.6 is 35.2 Å². The molecule has 0 saturated carbocycles.